The van der Waals surface area contributed by atoms with Crippen LogP contribution in [0.3, 0.4) is 0 Å². The number of guanidine groups is 1. The Hall–Kier alpha value is -0.310. The third-order valence-corrected chi connectivity index (χ3v) is 7.25. The van der Waals surface area contributed by atoms with Crippen LogP contribution in [0.25, 0.3) is 0 Å². The zero-order chi connectivity index (χ0) is 12.9. The molecule has 0 atom stereocenters. The van der Waals surface area contributed by atoms with Crippen LogP contribution in [0.1, 0.15) is 19.3 Å². The van der Waals surface area contributed by atoms with E-state index in [0.29, 0.717) is 19.9 Å². The third kappa shape index (κ3) is 2.04. The van der Waals surface area contributed by atoms with Crippen LogP contribution in [-0.4, -0.2) is 20.4 Å². The molecule has 0 amide bonds. The van der Waals surface area contributed by atoms with E-state index < -0.39 is 10.0 Å². The Labute approximate surface area is 122 Å². The van der Waals surface area contributed by atoms with Crippen molar-refractivity contribution in [3.63, 3.8) is 0 Å². The first-order valence-electron chi connectivity index (χ1n) is 5.34. The van der Waals surface area contributed by atoms with Crippen LogP contribution in [0.5, 0.6) is 0 Å². The molecule has 0 aromatic carbocycles. The molecule has 0 unspecified atom stereocenters. The second kappa shape index (κ2) is 4.36. The van der Waals surface area contributed by atoms with Crippen molar-refractivity contribution >= 4 is 59.9 Å². The zero-order valence-corrected chi connectivity index (χ0v) is 13.0. The number of hydrogen-bond donors (Lipinski definition) is 2. The van der Waals surface area contributed by atoms with E-state index in [4.69, 9.17) is 11.6 Å². The lowest BCUT2D eigenvalue weighted by Crippen LogP contribution is -2.44. The van der Waals surface area contributed by atoms with Gasteiger partial charge in [0.15, 0.2) is 0 Å². The lowest BCUT2D eigenvalue weighted by molar-refractivity contribution is 0.383. The molecule has 1 aliphatic carbocycles. The van der Waals surface area contributed by atoms with E-state index in [1.807, 2.05) is 0 Å². The van der Waals surface area contributed by atoms with Crippen molar-refractivity contribution in [1.82, 2.24) is 5.32 Å². The number of anilines is 1. The summed E-state index contributed by atoms with van der Waals surface area (Å²) in [6.45, 7) is 0. The van der Waals surface area contributed by atoms with E-state index in [-0.39, 0.29) is 10.9 Å². The summed E-state index contributed by atoms with van der Waals surface area (Å²) in [7, 11) is -3.69. The van der Waals surface area contributed by atoms with Crippen LogP contribution in [0.15, 0.2) is 13.8 Å². The average molecular weight is 371 g/mol. The average Bonchev–Trinajstić information content (AvgIpc) is 2.48. The molecule has 98 valence electrons. The van der Waals surface area contributed by atoms with Crippen molar-refractivity contribution in [1.29, 1.82) is 0 Å². The monoisotopic (exact) mass is 369 g/mol. The zero-order valence-electron chi connectivity index (χ0n) is 9.03. The highest BCUT2D eigenvalue weighted by atomic mass is 79.9. The Balaban J connectivity index is 1.97. The van der Waals surface area contributed by atoms with E-state index in [9.17, 15) is 8.42 Å². The van der Waals surface area contributed by atoms with Gasteiger partial charge < -0.3 is 10.6 Å². The van der Waals surface area contributed by atoms with Crippen LogP contribution < -0.4 is 10.6 Å². The molecule has 1 aromatic rings. The minimum atomic E-state index is -3.69. The number of hydrogen-bond acceptors (Lipinski definition) is 5. The van der Waals surface area contributed by atoms with Gasteiger partial charge in [0.25, 0.3) is 10.0 Å². The van der Waals surface area contributed by atoms with E-state index in [1.54, 1.807) is 0 Å². The van der Waals surface area contributed by atoms with Gasteiger partial charge in [-0.1, -0.05) is 11.6 Å². The first-order chi connectivity index (χ1) is 8.47. The number of nitrogens with zero attached hydrogens (tertiary/aromatic N) is 1. The standard InChI is InChI=1S/C9H9BrClN3O2S2/c10-5-6-8(17-7(5)11)13-9(14-18(6,15)16)12-4-2-1-3-4/h4H,1-3H2,(H2,12,13,14). The van der Waals surface area contributed by atoms with Crippen LogP contribution in [0.2, 0.25) is 4.34 Å². The first kappa shape index (κ1) is 12.7. The SMILES string of the molecule is O=S1(=O)N=C(NC2CCC2)Nc2sc(Cl)c(Br)c21. The maximum atomic E-state index is 12.1. The molecule has 0 saturated heterocycles. The van der Waals surface area contributed by atoms with Gasteiger partial charge in [-0.3, -0.25) is 0 Å². The van der Waals surface area contributed by atoms with Crippen LogP contribution >= 0.6 is 38.9 Å². The lowest BCUT2D eigenvalue weighted by Gasteiger charge is -2.29. The predicted octanol–water partition coefficient (Wildman–Crippen LogP) is 2.78. The van der Waals surface area contributed by atoms with Crippen molar-refractivity contribution in [2.75, 3.05) is 5.32 Å². The molecule has 0 spiro atoms. The highest BCUT2D eigenvalue weighted by molar-refractivity contribution is 9.10. The van der Waals surface area contributed by atoms with Gasteiger partial charge >= 0.3 is 0 Å². The Kier molecular flexibility index (Phi) is 3.08. The molecule has 9 heteroatoms. The number of nitrogens with one attached hydrogen (secondary N) is 2. The highest BCUT2D eigenvalue weighted by Gasteiger charge is 2.32. The predicted molar refractivity (Wildman–Crippen MR) is 76.0 cm³/mol. The van der Waals surface area contributed by atoms with Crippen LogP contribution in [0.4, 0.5) is 5.00 Å². The summed E-state index contributed by atoms with van der Waals surface area (Å²) in [6.07, 6.45) is 3.25. The second-order valence-electron chi connectivity index (χ2n) is 4.16. The largest absolute Gasteiger partial charge is 0.352 e. The molecule has 1 aliphatic heterocycles. The van der Waals surface area contributed by atoms with E-state index >= 15 is 0 Å². The van der Waals surface area contributed by atoms with Gasteiger partial charge in [-0.25, -0.2) is 0 Å². The molecule has 0 bridgehead atoms. The van der Waals surface area contributed by atoms with Crippen molar-refractivity contribution in [3.8, 4) is 0 Å². The quantitative estimate of drug-likeness (QED) is 0.797. The van der Waals surface area contributed by atoms with E-state index in [1.165, 1.54) is 17.8 Å². The molecule has 3 rings (SSSR count). The highest BCUT2D eigenvalue weighted by Crippen LogP contribution is 2.45. The number of thiophene rings is 1. The molecule has 1 fully saturated rings. The molecule has 18 heavy (non-hydrogen) atoms. The first-order valence-corrected chi connectivity index (χ1v) is 8.76. The fourth-order valence-electron chi connectivity index (χ4n) is 1.79. The van der Waals surface area contributed by atoms with Gasteiger partial charge in [0.2, 0.25) is 5.96 Å². The summed E-state index contributed by atoms with van der Waals surface area (Å²) in [5.41, 5.74) is 0. The van der Waals surface area contributed by atoms with Gasteiger partial charge in [0.05, 0.1) is 4.47 Å². The van der Waals surface area contributed by atoms with Gasteiger partial charge in [0, 0.05) is 6.04 Å². The van der Waals surface area contributed by atoms with E-state index in [0.717, 1.165) is 12.8 Å². The number of sulfonamides is 1. The number of rotatable bonds is 1. The maximum absolute atomic E-state index is 12.1. The summed E-state index contributed by atoms with van der Waals surface area (Å²) in [6, 6.07) is 0.312. The summed E-state index contributed by atoms with van der Waals surface area (Å²) in [5, 5.41) is 6.57. The van der Waals surface area contributed by atoms with Crippen LogP contribution in [-0.2, 0) is 10.0 Å². The molecule has 1 aromatic heterocycles. The van der Waals surface area contributed by atoms with Gasteiger partial charge in [-0.05, 0) is 35.2 Å². The third-order valence-electron chi connectivity index (χ3n) is 2.92. The summed E-state index contributed by atoms with van der Waals surface area (Å²) in [4.78, 5) is 0.122. The smallest absolute Gasteiger partial charge is 0.289 e. The van der Waals surface area contributed by atoms with Gasteiger partial charge in [-0.2, -0.15) is 8.42 Å². The second-order valence-corrected chi connectivity index (χ2v) is 8.12. The Bertz CT molecular complexity index is 636. The van der Waals surface area contributed by atoms with Crippen molar-refractivity contribution < 1.29 is 8.42 Å². The summed E-state index contributed by atoms with van der Waals surface area (Å²) < 4.78 is 28.6. The molecular formula is C9H9BrClN3O2S2. The lowest BCUT2D eigenvalue weighted by atomic mass is 9.93. The minimum Gasteiger partial charge on any atom is -0.352 e. The fourth-order valence-corrected chi connectivity index (χ4v) is 5.62. The van der Waals surface area contributed by atoms with Gasteiger partial charge in [0.1, 0.15) is 14.2 Å². The molecule has 2 heterocycles. The Morgan fingerprint density at radius 3 is 2.83 bits per heavy atom. The summed E-state index contributed by atoms with van der Waals surface area (Å²) in [5.74, 6) is 0.289. The Morgan fingerprint density at radius 2 is 2.22 bits per heavy atom. The summed E-state index contributed by atoms with van der Waals surface area (Å²) >= 11 is 10.3. The molecule has 1 saturated carbocycles. The van der Waals surface area contributed by atoms with E-state index in [2.05, 4.69) is 31.0 Å². The van der Waals surface area contributed by atoms with Crippen LogP contribution in [0, 0.1) is 0 Å². The topological polar surface area (TPSA) is 70.6 Å². The van der Waals surface area contributed by atoms with Crippen molar-refractivity contribution in [3.05, 3.63) is 8.81 Å². The molecule has 2 aliphatic rings. The number of fused-ring (bicyclic) bond motifs is 1. The van der Waals surface area contributed by atoms with Crippen molar-refractivity contribution in [2.24, 2.45) is 4.40 Å². The molecule has 5 nitrogen and oxygen atoms in total. The maximum Gasteiger partial charge on any atom is 0.289 e. The Morgan fingerprint density at radius 1 is 1.50 bits per heavy atom. The normalized spacial score (nSPS) is 21.6. The van der Waals surface area contributed by atoms with Crippen molar-refractivity contribution in [2.45, 2.75) is 30.2 Å². The van der Waals surface area contributed by atoms with Gasteiger partial charge in [-0.15, -0.1) is 15.7 Å². The minimum absolute atomic E-state index is 0.122. The number of halogens is 2. The fraction of sp³-hybridized carbons (Fsp3) is 0.444. The molecule has 0 radical (unpaired) electrons. The molecule has 2 N–H and O–H groups in total. The molecular weight excluding hydrogens is 362 g/mol.